The third-order valence-electron chi connectivity index (χ3n) is 2.35. The topological polar surface area (TPSA) is 75.7 Å². The van der Waals surface area contributed by atoms with Crippen LogP contribution in [0.4, 0.5) is 0 Å². The van der Waals surface area contributed by atoms with E-state index in [1.54, 1.807) is 0 Å². The van der Waals surface area contributed by atoms with Crippen LogP contribution in [0.15, 0.2) is 0 Å². The Morgan fingerprint density at radius 1 is 1.17 bits per heavy atom. The Morgan fingerprint density at radius 3 is 2.39 bits per heavy atom. The molecule has 1 unspecified atom stereocenters. The SMILES string of the molecule is CCCCCCCCOOC(=O)C(S)CC(=O)[O-]. The minimum atomic E-state index is -1.34. The highest BCUT2D eigenvalue weighted by Gasteiger charge is 2.16. The number of carbonyl (C=O) groups is 2. The Morgan fingerprint density at radius 2 is 1.78 bits per heavy atom. The molecule has 0 aromatic heterocycles. The van der Waals surface area contributed by atoms with E-state index in [1.165, 1.54) is 19.3 Å². The molecule has 0 aliphatic carbocycles. The Balaban J connectivity index is 3.37. The Hall–Kier alpha value is -0.750. The van der Waals surface area contributed by atoms with Crippen LogP contribution in [-0.4, -0.2) is 23.8 Å². The Labute approximate surface area is 113 Å². The van der Waals surface area contributed by atoms with E-state index in [9.17, 15) is 14.7 Å². The zero-order chi connectivity index (χ0) is 13.8. The van der Waals surface area contributed by atoms with Crippen molar-refractivity contribution in [2.75, 3.05) is 6.61 Å². The maximum atomic E-state index is 11.1. The fourth-order valence-electron chi connectivity index (χ4n) is 1.34. The van der Waals surface area contributed by atoms with Gasteiger partial charge in [-0.1, -0.05) is 39.0 Å². The van der Waals surface area contributed by atoms with E-state index >= 15 is 0 Å². The predicted octanol–water partition coefficient (Wildman–Crippen LogP) is 1.26. The van der Waals surface area contributed by atoms with E-state index in [1.807, 2.05) is 0 Å². The summed E-state index contributed by atoms with van der Waals surface area (Å²) < 4.78 is 0. The van der Waals surface area contributed by atoms with Gasteiger partial charge in [-0.25, -0.2) is 4.79 Å². The fraction of sp³-hybridized carbons (Fsp3) is 0.833. The second-order valence-corrected chi connectivity index (χ2v) is 4.71. The maximum absolute atomic E-state index is 11.1. The third-order valence-corrected chi connectivity index (χ3v) is 2.75. The van der Waals surface area contributed by atoms with Crippen molar-refractivity contribution >= 4 is 24.6 Å². The molecule has 0 fully saturated rings. The third kappa shape index (κ3) is 10.4. The monoisotopic (exact) mass is 277 g/mol. The first-order chi connectivity index (χ1) is 8.57. The Bertz CT molecular complexity index is 245. The molecular weight excluding hydrogens is 256 g/mol. The molecule has 18 heavy (non-hydrogen) atoms. The van der Waals surface area contributed by atoms with Crippen molar-refractivity contribution in [1.29, 1.82) is 0 Å². The van der Waals surface area contributed by atoms with Crippen molar-refractivity contribution in [3.63, 3.8) is 0 Å². The van der Waals surface area contributed by atoms with Crippen LogP contribution in [0.3, 0.4) is 0 Å². The van der Waals surface area contributed by atoms with Crippen LogP contribution in [0, 0.1) is 0 Å². The van der Waals surface area contributed by atoms with Crippen molar-refractivity contribution < 1.29 is 24.5 Å². The summed E-state index contributed by atoms with van der Waals surface area (Å²) >= 11 is 3.77. The lowest BCUT2D eigenvalue weighted by atomic mass is 10.1. The first-order valence-electron chi connectivity index (χ1n) is 6.29. The van der Waals surface area contributed by atoms with E-state index in [4.69, 9.17) is 4.89 Å². The Kier molecular flexibility index (Phi) is 10.9. The molecule has 0 amide bonds. The molecular formula is C12H21O5S-. The van der Waals surface area contributed by atoms with E-state index in [2.05, 4.69) is 24.4 Å². The van der Waals surface area contributed by atoms with Gasteiger partial charge < -0.3 is 9.90 Å². The van der Waals surface area contributed by atoms with Crippen LogP contribution in [0.25, 0.3) is 0 Å². The molecule has 0 aromatic rings. The number of hydrogen-bond donors (Lipinski definition) is 1. The number of hydrogen-bond acceptors (Lipinski definition) is 6. The zero-order valence-corrected chi connectivity index (χ0v) is 11.6. The van der Waals surface area contributed by atoms with Gasteiger partial charge in [0.1, 0.15) is 5.25 Å². The van der Waals surface area contributed by atoms with Crippen LogP contribution < -0.4 is 5.11 Å². The van der Waals surface area contributed by atoms with Crippen molar-refractivity contribution in [1.82, 2.24) is 0 Å². The molecule has 1 atom stereocenters. The molecule has 6 heteroatoms. The summed E-state index contributed by atoms with van der Waals surface area (Å²) in [6.07, 6.45) is 6.15. The summed E-state index contributed by atoms with van der Waals surface area (Å²) in [4.78, 5) is 30.5. The molecule has 0 aromatic carbocycles. The summed E-state index contributed by atoms with van der Waals surface area (Å²) in [6, 6.07) is 0. The molecule has 0 rings (SSSR count). The normalized spacial score (nSPS) is 12.1. The highest BCUT2D eigenvalue weighted by molar-refractivity contribution is 7.81. The molecule has 0 N–H and O–H groups in total. The van der Waals surface area contributed by atoms with Gasteiger partial charge in [0, 0.05) is 12.4 Å². The van der Waals surface area contributed by atoms with Crippen LogP contribution in [0.5, 0.6) is 0 Å². The second-order valence-electron chi connectivity index (χ2n) is 4.08. The van der Waals surface area contributed by atoms with Gasteiger partial charge >= 0.3 is 5.97 Å². The summed E-state index contributed by atoms with van der Waals surface area (Å²) in [6.45, 7) is 2.48. The lowest BCUT2D eigenvalue weighted by molar-refractivity contribution is -0.306. The summed E-state index contributed by atoms with van der Waals surface area (Å²) in [5, 5.41) is 9.16. The average Bonchev–Trinajstić information content (AvgIpc) is 2.31. The minimum Gasteiger partial charge on any atom is -0.550 e. The number of unbranched alkanes of at least 4 members (excludes halogenated alkanes) is 5. The highest BCUT2D eigenvalue weighted by Crippen LogP contribution is 2.06. The lowest BCUT2D eigenvalue weighted by Gasteiger charge is -2.09. The maximum Gasteiger partial charge on any atom is 0.355 e. The summed E-state index contributed by atoms with van der Waals surface area (Å²) in [5.74, 6) is -2.14. The molecule has 0 bridgehead atoms. The van der Waals surface area contributed by atoms with E-state index < -0.39 is 23.6 Å². The molecule has 0 spiro atoms. The van der Waals surface area contributed by atoms with E-state index in [-0.39, 0.29) is 0 Å². The van der Waals surface area contributed by atoms with Gasteiger partial charge in [0.2, 0.25) is 0 Å². The van der Waals surface area contributed by atoms with Crippen molar-refractivity contribution in [3.8, 4) is 0 Å². The van der Waals surface area contributed by atoms with Gasteiger partial charge in [-0.15, -0.1) is 0 Å². The van der Waals surface area contributed by atoms with Crippen LogP contribution >= 0.6 is 12.6 Å². The highest BCUT2D eigenvalue weighted by atomic mass is 32.1. The number of carboxylic acid groups (broad SMARTS) is 1. The quantitative estimate of drug-likeness (QED) is 0.266. The average molecular weight is 277 g/mol. The molecule has 0 heterocycles. The van der Waals surface area contributed by atoms with Gasteiger partial charge in [0.05, 0.1) is 6.61 Å². The largest absolute Gasteiger partial charge is 0.550 e. The number of aliphatic carboxylic acids is 1. The fourth-order valence-corrected chi connectivity index (χ4v) is 1.53. The molecule has 0 saturated heterocycles. The van der Waals surface area contributed by atoms with E-state index in [0.29, 0.717) is 6.61 Å². The number of rotatable bonds is 11. The number of carbonyl (C=O) groups excluding carboxylic acids is 2. The van der Waals surface area contributed by atoms with Gasteiger partial charge in [-0.3, -0.25) is 4.89 Å². The minimum absolute atomic E-state index is 0.323. The molecule has 0 saturated carbocycles. The molecule has 106 valence electrons. The van der Waals surface area contributed by atoms with Crippen molar-refractivity contribution in [2.45, 2.75) is 57.1 Å². The molecule has 5 nitrogen and oxygen atoms in total. The smallest absolute Gasteiger partial charge is 0.355 e. The predicted molar refractivity (Wildman–Crippen MR) is 67.8 cm³/mol. The van der Waals surface area contributed by atoms with E-state index in [0.717, 1.165) is 19.3 Å². The summed E-state index contributed by atoms with van der Waals surface area (Å²) in [5.41, 5.74) is 0. The van der Waals surface area contributed by atoms with Gasteiger partial charge in [-0.05, 0) is 6.42 Å². The standard InChI is InChI=1S/C12H22O5S/c1-2-3-4-5-6-7-8-16-17-12(15)10(18)9-11(13)14/h10,18H,2-9H2,1H3,(H,13,14)/p-1. The molecule has 0 aliphatic rings. The van der Waals surface area contributed by atoms with Crippen LogP contribution in [0.2, 0.25) is 0 Å². The van der Waals surface area contributed by atoms with Gasteiger partial charge in [-0.2, -0.15) is 17.5 Å². The molecule has 0 aliphatic heterocycles. The lowest BCUT2D eigenvalue weighted by Crippen LogP contribution is -2.30. The van der Waals surface area contributed by atoms with Gasteiger partial charge in [0.15, 0.2) is 0 Å². The molecule has 0 radical (unpaired) electrons. The summed E-state index contributed by atoms with van der Waals surface area (Å²) in [7, 11) is 0. The van der Waals surface area contributed by atoms with Crippen molar-refractivity contribution in [2.24, 2.45) is 0 Å². The number of carboxylic acids is 1. The van der Waals surface area contributed by atoms with Crippen LogP contribution in [0.1, 0.15) is 51.9 Å². The first-order valence-corrected chi connectivity index (χ1v) is 6.80. The second kappa shape index (κ2) is 11.3. The number of thiol groups is 1. The van der Waals surface area contributed by atoms with Gasteiger partial charge in [0.25, 0.3) is 0 Å². The van der Waals surface area contributed by atoms with Crippen LogP contribution in [-0.2, 0) is 19.4 Å². The van der Waals surface area contributed by atoms with Crippen molar-refractivity contribution in [3.05, 3.63) is 0 Å². The first kappa shape index (κ1) is 17.2. The zero-order valence-electron chi connectivity index (χ0n) is 10.7.